The van der Waals surface area contributed by atoms with Crippen LogP contribution >= 0.6 is 11.8 Å². The van der Waals surface area contributed by atoms with Gasteiger partial charge in [0.25, 0.3) is 5.91 Å². The molecule has 2 aromatic rings. The van der Waals surface area contributed by atoms with Crippen LogP contribution in [0.5, 0.6) is 0 Å². The molecule has 5 heteroatoms. The van der Waals surface area contributed by atoms with Gasteiger partial charge in [0.1, 0.15) is 11.2 Å². The van der Waals surface area contributed by atoms with Gasteiger partial charge in [-0.3, -0.25) is 4.79 Å². The summed E-state index contributed by atoms with van der Waals surface area (Å²) in [7, 11) is 0. The first-order chi connectivity index (χ1) is 10.7. The molecule has 0 aliphatic carbocycles. The number of nitrogens with zero attached hydrogens (tertiary/aromatic N) is 2. The summed E-state index contributed by atoms with van der Waals surface area (Å²) >= 11 is 1.63. The largest absolute Gasteiger partial charge is 0.322 e. The van der Waals surface area contributed by atoms with Gasteiger partial charge < -0.3 is 4.90 Å². The van der Waals surface area contributed by atoms with Gasteiger partial charge in [0, 0.05) is 17.9 Å². The molecule has 1 heterocycles. The topological polar surface area (TPSA) is 44.1 Å². The van der Waals surface area contributed by atoms with Gasteiger partial charge in [0.05, 0.1) is 11.6 Å². The van der Waals surface area contributed by atoms with E-state index in [1.807, 2.05) is 12.1 Å². The highest BCUT2D eigenvalue weighted by molar-refractivity contribution is 7.99. The highest BCUT2D eigenvalue weighted by Gasteiger charge is 2.31. The van der Waals surface area contributed by atoms with Crippen molar-refractivity contribution in [2.45, 2.75) is 5.37 Å². The molecule has 0 radical (unpaired) electrons. The van der Waals surface area contributed by atoms with E-state index >= 15 is 0 Å². The zero-order valence-electron chi connectivity index (χ0n) is 11.7. The summed E-state index contributed by atoms with van der Waals surface area (Å²) in [5.41, 5.74) is 1.86. The summed E-state index contributed by atoms with van der Waals surface area (Å²) in [5, 5.41) is 8.64. The molecule has 22 heavy (non-hydrogen) atoms. The van der Waals surface area contributed by atoms with E-state index in [-0.39, 0.29) is 17.1 Å². The molecule has 0 spiro atoms. The molecule has 1 aliphatic heterocycles. The van der Waals surface area contributed by atoms with E-state index in [0.29, 0.717) is 17.7 Å². The Morgan fingerprint density at radius 1 is 1.27 bits per heavy atom. The van der Waals surface area contributed by atoms with E-state index < -0.39 is 0 Å². The number of nitriles is 1. The smallest absolute Gasteiger partial charge is 0.255 e. The second-order valence-corrected chi connectivity index (χ2v) is 6.15. The normalized spacial score (nSPS) is 17.3. The third-order valence-electron chi connectivity index (χ3n) is 3.55. The highest BCUT2D eigenvalue weighted by Crippen LogP contribution is 2.38. The van der Waals surface area contributed by atoms with Crippen LogP contribution in [-0.4, -0.2) is 23.1 Å². The Labute approximate surface area is 132 Å². The molecule has 1 amide bonds. The van der Waals surface area contributed by atoms with E-state index in [1.165, 1.54) is 12.1 Å². The van der Waals surface area contributed by atoms with Crippen LogP contribution in [0.25, 0.3) is 0 Å². The molecule has 0 N–H and O–H groups in total. The van der Waals surface area contributed by atoms with Crippen molar-refractivity contribution in [3.63, 3.8) is 0 Å². The van der Waals surface area contributed by atoms with Gasteiger partial charge in [-0.15, -0.1) is 11.8 Å². The molecule has 0 saturated carbocycles. The van der Waals surface area contributed by atoms with Gasteiger partial charge in [0.15, 0.2) is 0 Å². The van der Waals surface area contributed by atoms with Gasteiger partial charge in [-0.1, -0.05) is 12.1 Å². The molecule has 0 aromatic heterocycles. The molecular formula is C17H13FN2OS. The lowest BCUT2D eigenvalue weighted by molar-refractivity contribution is 0.0760. The minimum absolute atomic E-state index is 0.0937. The molecule has 110 valence electrons. The maximum absolute atomic E-state index is 13.4. The molecule has 1 saturated heterocycles. The maximum atomic E-state index is 13.4. The Kier molecular flexibility index (Phi) is 4.12. The van der Waals surface area contributed by atoms with Crippen molar-refractivity contribution in [3.05, 3.63) is 71.0 Å². The fraction of sp³-hybridized carbons (Fsp3) is 0.176. The van der Waals surface area contributed by atoms with Gasteiger partial charge in [-0.25, -0.2) is 4.39 Å². The average Bonchev–Trinajstić information content (AvgIpc) is 3.04. The Bertz CT molecular complexity index is 739. The van der Waals surface area contributed by atoms with Crippen molar-refractivity contribution in [2.75, 3.05) is 12.3 Å². The zero-order valence-corrected chi connectivity index (χ0v) is 12.5. The predicted molar refractivity (Wildman–Crippen MR) is 83.8 cm³/mol. The first-order valence-electron chi connectivity index (χ1n) is 6.87. The Morgan fingerprint density at radius 3 is 2.73 bits per heavy atom. The summed E-state index contributed by atoms with van der Waals surface area (Å²) in [5.74, 6) is 0.433. The summed E-state index contributed by atoms with van der Waals surface area (Å²) < 4.78 is 13.4. The number of carbonyl (C=O) groups excluding carboxylic acids is 1. The monoisotopic (exact) mass is 312 g/mol. The zero-order chi connectivity index (χ0) is 15.5. The summed E-state index contributed by atoms with van der Waals surface area (Å²) in [6, 6.07) is 15.0. The van der Waals surface area contributed by atoms with E-state index in [4.69, 9.17) is 5.26 Å². The number of hydrogen-bond donors (Lipinski definition) is 0. The van der Waals surface area contributed by atoms with Crippen LogP contribution in [0.1, 0.15) is 26.9 Å². The summed E-state index contributed by atoms with van der Waals surface area (Å²) in [6.45, 7) is 0.630. The Morgan fingerprint density at radius 2 is 2.05 bits per heavy atom. The maximum Gasteiger partial charge on any atom is 0.255 e. The van der Waals surface area contributed by atoms with Crippen LogP contribution in [0.2, 0.25) is 0 Å². The van der Waals surface area contributed by atoms with E-state index in [9.17, 15) is 9.18 Å². The van der Waals surface area contributed by atoms with Crippen molar-refractivity contribution in [2.24, 2.45) is 0 Å². The number of rotatable bonds is 2. The van der Waals surface area contributed by atoms with Crippen molar-refractivity contribution < 1.29 is 9.18 Å². The first kappa shape index (κ1) is 14.6. The van der Waals surface area contributed by atoms with E-state index in [0.717, 1.165) is 11.3 Å². The van der Waals surface area contributed by atoms with Crippen LogP contribution in [0.15, 0.2) is 48.5 Å². The lowest BCUT2D eigenvalue weighted by Crippen LogP contribution is -2.30. The number of benzene rings is 2. The predicted octanol–water partition coefficient (Wildman–Crippen LogP) is 3.59. The molecule has 1 atom stereocenters. The molecule has 0 unspecified atom stereocenters. The third-order valence-corrected chi connectivity index (χ3v) is 4.81. The second kappa shape index (κ2) is 6.20. The Balaban J connectivity index is 1.86. The number of halogens is 1. The van der Waals surface area contributed by atoms with Gasteiger partial charge in [-0.2, -0.15) is 5.26 Å². The number of carbonyl (C=O) groups is 1. The van der Waals surface area contributed by atoms with Crippen LogP contribution in [0.3, 0.4) is 0 Å². The standard InChI is InChI=1S/C17H13FN2OS/c18-15-3-1-2-14(10-15)17-20(8-9-22-17)16(21)13-6-4-12(11-19)5-7-13/h1-7,10,17H,8-9H2/t17-/m0/s1. The molecule has 1 aliphatic rings. The average molecular weight is 312 g/mol. The molecule has 1 fully saturated rings. The third kappa shape index (κ3) is 2.83. The number of hydrogen-bond acceptors (Lipinski definition) is 3. The minimum atomic E-state index is -0.296. The van der Waals surface area contributed by atoms with Crippen LogP contribution < -0.4 is 0 Å². The van der Waals surface area contributed by atoms with Crippen LogP contribution in [-0.2, 0) is 0 Å². The van der Waals surface area contributed by atoms with Crippen LogP contribution in [0, 0.1) is 17.1 Å². The SMILES string of the molecule is N#Cc1ccc(C(=O)N2CCS[C@H]2c2cccc(F)c2)cc1. The summed E-state index contributed by atoms with van der Waals surface area (Å²) in [6.07, 6.45) is 0. The Hall–Kier alpha value is -2.32. The van der Waals surface area contributed by atoms with Crippen molar-refractivity contribution in [1.82, 2.24) is 4.90 Å². The van der Waals surface area contributed by atoms with Gasteiger partial charge >= 0.3 is 0 Å². The first-order valence-corrected chi connectivity index (χ1v) is 7.92. The van der Waals surface area contributed by atoms with Gasteiger partial charge in [-0.05, 0) is 42.0 Å². The van der Waals surface area contributed by atoms with Crippen molar-refractivity contribution in [1.29, 1.82) is 5.26 Å². The minimum Gasteiger partial charge on any atom is -0.322 e. The number of thioether (sulfide) groups is 1. The fourth-order valence-electron chi connectivity index (χ4n) is 2.47. The second-order valence-electron chi connectivity index (χ2n) is 4.97. The van der Waals surface area contributed by atoms with E-state index in [1.54, 1.807) is 47.0 Å². The van der Waals surface area contributed by atoms with Gasteiger partial charge in [0.2, 0.25) is 0 Å². The molecular weight excluding hydrogens is 299 g/mol. The molecule has 2 aromatic carbocycles. The molecule has 3 rings (SSSR count). The van der Waals surface area contributed by atoms with Crippen molar-refractivity contribution >= 4 is 17.7 Å². The summed E-state index contributed by atoms with van der Waals surface area (Å²) in [4.78, 5) is 14.4. The van der Waals surface area contributed by atoms with Crippen LogP contribution in [0.4, 0.5) is 4.39 Å². The lowest BCUT2D eigenvalue weighted by Gasteiger charge is -2.24. The molecule has 0 bridgehead atoms. The number of amides is 1. The highest BCUT2D eigenvalue weighted by atomic mass is 32.2. The fourth-order valence-corrected chi connectivity index (χ4v) is 3.71. The molecule has 3 nitrogen and oxygen atoms in total. The van der Waals surface area contributed by atoms with E-state index in [2.05, 4.69) is 0 Å². The quantitative estimate of drug-likeness (QED) is 0.851. The van der Waals surface area contributed by atoms with Crippen molar-refractivity contribution in [3.8, 4) is 6.07 Å². The lowest BCUT2D eigenvalue weighted by atomic mass is 10.1.